The van der Waals surface area contributed by atoms with Gasteiger partial charge in [-0.05, 0) is 11.6 Å². The van der Waals surface area contributed by atoms with Crippen LogP contribution in [0.25, 0.3) is 0 Å². The minimum absolute atomic E-state index is 0.0997. The summed E-state index contributed by atoms with van der Waals surface area (Å²) in [4.78, 5) is 0. The molecule has 0 aliphatic carbocycles. The SMILES string of the molecule is COCC(Cl)CNCc1cccc(F)c1Cl. The lowest BCUT2D eigenvalue weighted by Crippen LogP contribution is -2.26. The predicted molar refractivity (Wildman–Crippen MR) is 64.6 cm³/mol. The van der Waals surface area contributed by atoms with E-state index >= 15 is 0 Å². The van der Waals surface area contributed by atoms with Crippen molar-refractivity contribution in [3.8, 4) is 0 Å². The molecule has 0 bridgehead atoms. The van der Waals surface area contributed by atoms with Gasteiger partial charge in [-0.15, -0.1) is 11.6 Å². The lowest BCUT2D eigenvalue weighted by molar-refractivity contribution is 0.197. The van der Waals surface area contributed by atoms with Crippen molar-refractivity contribution < 1.29 is 9.13 Å². The molecule has 0 aliphatic rings. The molecular weight excluding hydrogens is 252 g/mol. The van der Waals surface area contributed by atoms with Crippen molar-refractivity contribution in [2.45, 2.75) is 11.9 Å². The van der Waals surface area contributed by atoms with Crippen LogP contribution < -0.4 is 5.32 Å². The summed E-state index contributed by atoms with van der Waals surface area (Å²) in [7, 11) is 1.60. The molecule has 0 saturated heterocycles. The van der Waals surface area contributed by atoms with Gasteiger partial charge in [-0.2, -0.15) is 0 Å². The Kier molecular flexibility index (Phi) is 6.06. The third-order valence-electron chi connectivity index (χ3n) is 2.06. The highest BCUT2D eigenvalue weighted by atomic mass is 35.5. The Hall–Kier alpha value is -0.350. The molecule has 0 spiro atoms. The molecule has 2 nitrogen and oxygen atoms in total. The number of rotatable bonds is 6. The topological polar surface area (TPSA) is 21.3 Å². The Bertz CT molecular complexity index is 336. The summed E-state index contributed by atoms with van der Waals surface area (Å²) in [6, 6.07) is 4.74. The molecule has 16 heavy (non-hydrogen) atoms. The number of hydrogen-bond donors (Lipinski definition) is 1. The van der Waals surface area contributed by atoms with E-state index in [0.29, 0.717) is 19.7 Å². The molecule has 1 rings (SSSR count). The first-order valence-corrected chi connectivity index (χ1v) is 5.73. The fourth-order valence-corrected chi connectivity index (χ4v) is 1.72. The summed E-state index contributed by atoms with van der Waals surface area (Å²) in [5.41, 5.74) is 0.725. The zero-order chi connectivity index (χ0) is 12.0. The largest absolute Gasteiger partial charge is 0.383 e. The van der Waals surface area contributed by atoms with Crippen LogP contribution in [0.2, 0.25) is 5.02 Å². The van der Waals surface area contributed by atoms with E-state index in [1.54, 1.807) is 19.2 Å². The summed E-state index contributed by atoms with van der Waals surface area (Å²) in [6.07, 6.45) is 0. The number of halogens is 3. The van der Waals surface area contributed by atoms with Gasteiger partial charge in [-0.25, -0.2) is 4.39 Å². The van der Waals surface area contributed by atoms with Gasteiger partial charge in [0.2, 0.25) is 0 Å². The van der Waals surface area contributed by atoms with E-state index in [1.807, 2.05) is 0 Å². The van der Waals surface area contributed by atoms with E-state index in [9.17, 15) is 4.39 Å². The second-order valence-electron chi connectivity index (χ2n) is 3.40. The maximum absolute atomic E-state index is 13.1. The van der Waals surface area contributed by atoms with Crippen molar-refractivity contribution in [2.24, 2.45) is 0 Å². The number of hydrogen-bond acceptors (Lipinski definition) is 2. The van der Waals surface area contributed by atoms with Crippen LogP contribution in [0, 0.1) is 5.82 Å². The van der Waals surface area contributed by atoms with E-state index in [4.69, 9.17) is 27.9 Å². The van der Waals surface area contributed by atoms with E-state index in [1.165, 1.54) is 6.07 Å². The van der Waals surface area contributed by atoms with Gasteiger partial charge in [-0.1, -0.05) is 23.7 Å². The third kappa shape index (κ3) is 4.26. The molecule has 5 heteroatoms. The Morgan fingerprint density at radius 3 is 2.94 bits per heavy atom. The maximum atomic E-state index is 13.1. The number of nitrogens with one attached hydrogen (secondary N) is 1. The monoisotopic (exact) mass is 265 g/mol. The van der Waals surface area contributed by atoms with Crippen LogP contribution in [0.1, 0.15) is 5.56 Å². The van der Waals surface area contributed by atoms with Gasteiger partial charge in [0.25, 0.3) is 0 Å². The van der Waals surface area contributed by atoms with Crippen molar-refractivity contribution in [3.05, 3.63) is 34.6 Å². The van der Waals surface area contributed by atoms with E-state index in [-0.39, 0.29) is 10.4 Å². The molecule has 1 unspecified atom stereocenters. The lowest BCUT2D eigenvalue weighted by atomic mass is 10.2. The Morgan fingerprint density at radius 1 is 1.50 bits per heavy atom. The number of methoxy groups -OCH3 is 1. The van der Waals surface area contributed by atoms with Gasteiger partial charge in [-0.3, -0.25) is 0 Å². The van der Waals surface area contributed by atoms with Gasteiger partial charge in [0.15, 0.2) is 0 Å². The Morgan fingerprint density at radius 2 is 2.25 bits per heavy atom. The van der Waals surface area contributed by atoms with Gasteiger partial charge < -0.3 is 10.1 Å². The molecule has 0 heterocycles. The fourth-order valence-electron chi connectivity index (χ4n) is 1.29. The van der Waals surface area contributed by atoms with Gasteiger partial charge in [0, 0.05) is 20.2 Å². The summed E-state index contributed by atoms with van der Waals surface area (Å²) >= 11 is 11.7. The molecular formula is C11H14Cl2FNO. The van der Waals surface area contributed by atoms with Crippen molar-refractivity contribution in [1.29, 1.82) is 0 Å². The predicted octanol–water partition coefficient (Wildman–Crippen LogP) is 2.82. The van der Waals surface area contributed by atoms with Crippen LogP contribution in [0.15, 0.2) is 18.2 Å². The van der Waals surface area contributed by atoms with E-state index < -0.39 is 5.82 Å². The molecule has 1 aromatic carbocycles. The first-order chi connectivity index (χ1) is 7.65. The first kappa shape index (κ1) is 13.7. The summed E-state index contributed by atoms with van der Waals surface area (Å²) < 4.78 is 18.0. The van der Waals surface area contributed by atoms with Gasteiger partial charge in [0.1, 0.15) is 5.82 Å². The Labute approximate surface area is 105 Å². The highest BCUT2D eigenvalue weighted by molar-refractivity contribution is 6.31. The van der Waals surface area contributed by atoms with Gasteiger partial charge >= 0.3 is 0 Å². The van der Waals surface area contributed by atoms with Crippen LogP contribution in [-0.4, -0.2) is 25.6 Å². The fraction of sp³-hybridized carbons (Fsp3) is 0.455. The second-order valence-corrected chi connectivity index (χ2v) is 4.39. The average Bonchev–Trinajstić information content (AvgIpc) is 2.25. The van der Waals surface area contributed by atoms with Crippen molar-refractivity contribution >= 4 is 23.2 Å². The molecule has 90 valence electrons. The Balaban J connectivity index is 2.40. The number of benzene rings is 1. The van der Waals surface area contributed by atoms with E-state index in [2.05, 4.69) is 5.32 Å². The number of ether oxygens (including phenoxy) is 1. The maximum Gasteiger partial charge on any atom is 0.142 e. The van der Waals surface area contributed by atoms with Crippen LogP contribution in [0.4, 0.5) is 4.39 Å². The third-order valence-corrected chi connectivity index (χ3v) is 2.76. The van der Waals surface area contributed by atoms with Crippen LogP contribution in [0.3, 0.4) is 0 Å². The molecule has 1 N–H and O–H groups in total. The highest BCUT2D eigenvalue weighted by Crippen LogP contribution is 2.19. The van der Waals surface area contributed by atoms with E-state index in [0.717, 1.165) is 5.56 Å². The van der Waals surface area contributed by atoms with Crippen LogP contribution >= 0.6 is 23.2 Å². The van der Waals surface area contributed by atoms with Crippen molar-refractivity contribution in [2.75, 3.05) is 20.3 Å². The molecule has 0 radical (unpaired) electrons. The zero-order valence-electron chi connectivity index (χ0n) is 8.97. The normalized spacial score (nSPS) is 12.8. The molecule has 1 atom stereocenters. The smallest absolute Gasteiger partial charge is 0.142 e. The minimum Gasteiger partial charge on any atom is -0.383 e. The second kappa shape index (κ2) is 7.07. The van der Waals surface area contributed by atoms with Crippen molar-refractivity contribution in [3.63, 3.8) is 0 Å². The molecule has 0 fully saturated rings. The van der Waals surface area contributed by atoms with Crippen LogP contribution in [-0.2, 0) is 11.3 Å². The summed E-state index contributed by atoms with van der Waals surface area (Å²) in [5.74, 6) is -0.403. The molecule has 0 aliphatic heterocycles. The average molecular weight is 266 g/mol. The highest BCUT2D eigenvalue weighted by Gasteiger charge is 2.07. The molecule has 0 saturated carbocycles. The molecule has 0 amide bonds. The molecule has 0 aromatic heterocycles. The summed E-state index contributed by atoms with van der Waals surface area (Å²) in [5, 5.41) is 3.15. The van der Waals surface area contributed by atoms with Crippen molar-refractivity contribution in [1.82, 2.24) is 5.32 Å². The summed E-state index contributed by atoms with van der Waals surface area (Å²) in [6.45, 7) is 1.55. The molecule has 1 aromatic rings. The quantitative estimate of drug-likeness (QED) is 0.799. The first-order valence-electron chi connectivity index (χ1n) is 4.91. The zero-order valence-corrected chi connectivity index (χ0v) is 10.5. The van der Waals surface area contributed by atoms with Gasteiger partial charge in [0.05, 0.1) is 17.0 Å². The lowest BCUT2D eigenvalue weighted by Gasteiger charge is -2.10. The number of alkyl halides is 1. The minimum atomic E-state index is -0.403. The standard InChI is InChI=1S/C11H14Cl2FNO/c1-16-7-9(12)6-15-5-8-3-2-4-10(14)11(8)13/h2-4,9,15H,5-7H2,1H3. The van der Waals surface area contributed by atoms with Crippen LogP contribution in [0.5, 0.6) is 0 Å².